The fourth-order valence-electron chi connectivity index (χ4n) is 2.96. The number of carbonyl (C=O) groups is 1. The molecule has 1 atom stereocenters. The van der Waals surface area contributed by atoms with Gasteiger partial charge >= 0.3 is 6.09 Å². The van der Waals surface area contributed by atoms with Crippen LogP contribution in [0.2, 0.25) is 0 Å². The Kier molecular flexibility index (Phi) is 4.23. The Labute approximate surface area is 103 Å². The Morgan fingerprint density at radius 1 is 1.24 bits per heavy atom. The molecule has 98 valence electrons. The van der Waals surface area contributed by atoms with Crippen molar-refractivity contribution in [3.8, 4) is 0 Å². The third kappa shape index (κ3) is 3.10. The Morgan fingerprint density at radius 2 is 1.82 bits per heavy atom. The molecule has 5 heteroatoms. The van der Waals surface area contributed by atoms with E-state index < -0.39 is 6.09 Å². The van der Waals surface area contributed by atoms with Gasteiger partial charge in [0.2, 0.25) is 0 Å². The molecule has 2 fully saturated rings. The lowest BCUT2D eigenvalue weighted by Crippen LogP contribution is -2.51. The van der Waals surface area contributed by atoms with Gasteiger partial charge in [0.25, 0.3) is 0 Å². The van der Waals surface area contributed by atoms with Gasteiger partial charge in [0.15, 0.2) is 0 Å². The van der Waals surface area contributed by atoms with Gasteiger partial charge < -0.3 is 15.3 Å². The van der Waals surface area contributed by atoms with Crippen LogP contribution in [0.1, 0.15) is 19.8 Å². The van der Waals surface area contributed by atoms with Gasteiger partial charge in [-0.3, -0.25) is 4.90 Å². The van der Waals surface area contributed by atoms with Crippen molar-refractivity contribution in [3.05, 3.63) is 0 Å². The monoisotopic (exact) mass is 241 g/mol. The first kappa shape index (κ1) is 12.6. The first-order valence-corrected chi connectivity index (χ1v) is 6.61. The van der Waals surface area contributed by atoms with E-state index in [0.29, 0.717) is 25.0 Å². The van der Waals surface area contributed by atoms with Crippen molar-refractivity contribution < 1.29 is 9.90 Å². The Morgan fingerprint density at radius 3 is 2.35 bits per heavy atom. The van der Waals surface area contributed by atoms with Crippen LogP contribution in [-0.2, 0) is 0 Å². The molecular weight excluding hydrogens is 218 g/mol. The summed E-state index contributed by atoms with van der Waals surface area (Å²) in [6.07, 6.45) is 1.26. The summed E-state index contributed by atoms with van der Waals surface area (Å²) in [6, 6.07) is 0.591. The second-order valence-corrected chi connectivity index (χ2v) is 5.13. The van der Waals surface area contributed by atoms with Crippen molar-refractivity contribution in [2.24, 2.45) is 5.92 Å². The fraction of sp³-hybridized carbons (Fsp3) is 0.917. The van der Waals surface area contributed by atoms with Gasteiger partial charge in [-0.05, 0) is 25.7 Å². The van der Waals surface area contributed by atoms with Crippen LogP contribution >= 0.6 is 0 Å². The summed E-state index contributed by atoms with van der Waals surface area (Å²) in [7, 11) is 0. The van der Waals surface area contributed by atoms with Crippen LogP contribution in [0.4, 0.5) is 4.79 Å². The topological polar surface area (TPSA) is 55.8 Å². The number of carboxylic acid groups (broad SMARTS) is 1. The number of hydrogen-bond acceptors (Lipinski definition) is 3. The van der Waals surface area contributed by atoms with Gasteiger partial charge in [0.05, 0.1) is 0 Å². The lowest BCUT2D eigenvalue weighted by atomic mass is 9.89. The normalized spacial score (nSPS) is 25.8. The zero-order chi connectivity index (χ0) is 12.3. The van der Waals surface area contributed by atoms with E-state index >= 15 is 0 Å². The van der Waals surface area contributed by atoms with Crippen molar-refractivity contribution in [3.63, 3.8) is 0 Å². The maximum Gasteiger partial charge on any atom is 0.407 e. The minimum absolute atomic E-state index is 0.591. The predicted octanol–water partition coefficient (Wildman–Crippen LogP) is 0.670. The molecular formula is C12H23N3O2. The van der Waals surface area contributed by atoms with Crippen LogP contribution in [0, 0.1) is 5.92 Å². The molecule has 17 heavy (non-hydrogen) atoms. The third-order valence-corrected chi connectivity index (χ3v) is 4.22. The molecule has 2 aliphatic heterocycles. The van der Waals surface area contributed by atoms with Crippen molar-refractivity contribution in [2.45, 2.75) is 25.8 Å². The van der Waals surface area contributed by atoms with E-state index in [0.717, 1.165) is 39.0 Å². The number of likely N-dealkylation sites (tertiary alicyclic amines) is 1. The highest BCUT2D eigenvalue weighted by Gasteiger charge is 2.29. The summed E-state index contributed by atoms with van der Waals surface area (Å²) in [5, 5.41) is 12.3. The molecule has 0 bridgehead atoms. The molecule has 2 aliphatic rings. The minimum Gasteiger partial charge on any atom is -0.465 e. The molecule has 0 spiro atoms. The van der Waals surface area contributed by atoms with Gasteiger partial charge in [0, 0.05) is 45.3 Å². The van der Waals surface area contributed by atoms with Crippen LogP contribution in [0.5, 0.6) is 0 Å². The number of piperidine rings is 1. The number of hydrogen-bond donors (Lipinski definition) is 2. The maximum atomic E-state index is 10.8. The van der Waals surface area contributed by atoms with Crippen molar-refractivity contribution in [1.82, 2.24) is 15.1 Å². The van der Waals surface area contributed by atoms with E-state index in [2.05, 4.69) is 17.1 Å². The summed E-state index contributed by atoms with van der Waals surface area (Å²) in [5.41, 5.74) is 0. The molecule has 0 saturated carbocycles. The van der Waals surface area contributed by atoms with Crippen LogP contribution in [0.3, 0.4) is 0 Å². The van der Waals surface area contributed by atoms with Crippen LogP contribution in [0.15, 0.2) is 0 Å². The Hall–Kier alpha value is -0.810. The Bertz CT molecular complexity index is 258. The van der Waals surface area contributed by atoms with E-state index in [4.69, 9.17) is 5.11 Å². The average molecular weight is 241 g/mol. The number of nitrogens with zero attached hydrogens (tertiary/aromatic N) is 2. The van der Waals surface area contributed by atoms with E-state index in [-0.39, 0.29) is 0 Å². The molecule has 2 heterocycles. The SMILES string of the molecule is C[C@@H](C1CCN(C(=O)O)CC1)N1CCNCC1. The first-order chi connectivity index (χ1) is 8.18. The average Bonchev–Trinajstić information content (AvgIpc) is 2.39. The zero-order valence-corrected chi connectivity index (χ0v) is 10.6. The highest BCUT2D eigenvalue weighted by molar-refractivity contribution is 5.64. The van der Waals surface area contributed by atoms with Crippen molar-refractivity contribution in [2.75, 3.05) is 39.3 Å². The van der Waals surface area contributed by atoms with E-state index in [9.17, 15) is 4.79 Å². The fourth-order valence-corrected chi connectivity index (χ4v) is 2.96. The standard InChI is InChI=1S/C12H23N3O2/c1-10(14-8-4-13-5-9-14)11-2-6-15(7-3-11)12(16)17/h10-11,13H,2-9H2,1H3,(H,16,17)/t10-/m0/s1. The quantitative estimate of drug-likeness (QED) is 0.746. The summed E-state index contributed by atoms with van der Waals surface area (Å²) < 4.78 is 0. The number of rotatable bonds is 2. The molecule has 2 N–H and O–H groups in total. The van der Waals surface area contributed by atoms with Gasteiger partial charge in [-0.2, -0.15) is 0 Å². The Balaban J connectivity index is 1.81. The van der Waals surface area contributed by atoms with Crippen molar-refractivity contribution in [1.29, 1.82) is 0 Å². The summed E-state index contributed by atoms with van der Waals surface area (Å²) in [4.78, 5) is 14.9. The molecule has 0 radical (unpaired) electrons. The summed E-state index contributed by atoms with van der Waals surface area (Å²) >= 11 is 0. The van der Waals surface area contributed by atoms with Crippen LogP contribution in [-0.4, -0.2) is 66.3 Å². The lowest BCUT2D eigenvalue weighted by Gasteiger charge is -2.40. The molecule has 2 saturated heterocycles. The number of nitrogens with one attached hydrogen (secondary N) is 1. The van der Waals surface area contributed by atoms with Gasteiger partial charge in [-0.1, -0.05) is 0 Å². The molecule has 5 nitrogen and oxygen atoms in total. The van der Waals surface area contributed by atoms with Crippen LogP contribution < -0.4 is 5.32 Å². The second kappa shape index (κ2) is 5.69. The molecule has 2 rings (SSSR count). The zero-order valence-electron chi connectivity index (χ0n) is 10.6. The van der Waals surface area contributed by atoms with E-state index in [1.165, 1.54) is 0 Å². The van der Waals surface area contributed by atoms with Crippen molar-refractivity contribution >= 4 is 6.09 Å². The molecule has 1 amide bonds. The van der Waals surface area contributed by atoms with Crippen LogP contribution in [0.25, 0.3) is 0 Å². The summed E-state index contributed by atoms with van der Waals surface area (Å²) in [5.74, 6) is 0.656. The molecule has 0 unspecified atom stereocenters. The van der Waals surface area contributed by atoms with Gasteiger partial charge in [-0.15, -0.1) is 0 Å². The smallest absolute Gasteiger partial charge is 0.407 e. The largest absolute Gasteiger partial charge is 0.465 e. The minimum atomic E-state index is -0.765. The first-order valence-electron chi connectivity index (χ1n) is 6.61. The molecule has 0 aromatic heterocycles. The van der Waals surface area contributed by atoms with Gasteiger partial charge in [0.1, 0.15) is 0 Å². The number of piperazine rings is 1. The summed E-state index contributed by atoms with van der Waals surface area (Å²) in [6.45, 7) is 8.12. The highest BCUT2D eigenvalue weighted by Crippen LogP contribution is 2.24. The maximum absolute atomic E-state index is 10.8. The lowest BCUT2D eigenvalue weighted by molar-refractivity contribution is 0.0817. The van der Waals surface area contributed by atoms with E-state index in [1.54, 1.807) is 4.90 Å². The predicted molar refractivity (Wildman–Crippen MR) is 66.2 cm³/mol. The highest BCUT2D eigenvalue weighted by atomic mass is 16.4. The third-order valence-electron chi connectivity index (χ3n) is 4.22. The van der Waals surface area contributed by atoms with Gasteiger partial charge in [-0.25, -0.2) is 4.79 Å². The van der Waals surface area contributed by atoms with E-state index in [1.807, 2.05) is 0 Å². The molecule has 0 aromatic rings. The number of amides is 1. The molecule has 0 aliphatic carbocycles. The second-order valence-electron chi connectivity index (χ2n) is 5.13. The molecule has 0 aromatic carbocycles.